The molecule has 0 fully saturated rings. The van der Waals surface area contributed by atoms with Gasteiger partial charge in [0, 0.05) is 0 Å². The largest absolute Gasteiger partial charge is 0.345 e. The van der Waals surface area contributed by atoms with Crippen LogP contribution < -0.4 is 10.7 Å². The number of H-pyrrole nitrogens is 1. The van der Waals surface area contributed by atoms with E-state index in [-0.39, 0.29) is 0 Å². The smallest absolute Gasteiger partial charge is 0.0931 e. The van der Waals surface area contributed by atoms with E-state index in [1.54, 1.807) is 6.33 Å². The number of aromatic amines is 1. The molecule has 0 bridgehead atoms. The lowest BCUT2D eigenvalue weighted by molar-refractivity contribution is 1.29. The van der Waals surface area contributed by atoms with Gasteiger partial charge in [-0.3, -0.25) is 0 Å². The van der Waals surface area contributed by atoms with Crippen LogP contribution in [0.25, 0.3) is 12.2 Å². The molecule has 60 valence electrons. The third-order valence-corrected chi connectivity index (χ3v) is 1.83. The van der Waals surface area contributed by atoms with Gasteiger partial charge in [-0.2, -0.15) is 0 Å². The van der Waals surface area contributed by atoms with Crippen LogP contribution in [-0.2, 0) is 0 Å². The van der Waals surface area contributed by atoms with Crippen molar-refractivity contribution in [3.05, 3.63) is 40.8 Å². The Labute approximate surface area is 70.7 Å². The SMILES string of the molecule is CC1=C/C=c2/nc[nH]/c2=C/C=C1. The molecule has 0 aliphatic heterocycles. The first-order chi connectivity index (χ1) is 5.86. The van der Waals surface area contributed by atoms with Crippen LogP contribution in [0.4, 0.5) is 0 Å². The molecule has 0 saturated heterocycles. The molecule has 12 heavy (non-hydrogen) atoms. The first-order valence-corrected chi connectivity index (χ1v) is 3.93. The summed E-state index contributed by atoms with van der Waals surface area (Å²) in [4.78, 5) is 7.23. The van der Waals surface area contributed by atoms with Crippen molar-refractivity contribution in [2.45, 2.75) is 6.92 Å². The average Bonchev–Trinajstić information content (AvgIpc) is 2.45. The molecule has 1 N–H and O–H groups in total. The molecular weight excluding hydrogens is 148 g/mol. The summed E-state index contributed by atoms with van der Waals surface area (Å²) in [6.07, 6.45) is 11.9. The van der Waals surface area contributed by atoms with Gasteiger partial charge < -0.3 is 4.98 Å². The van der Waals surface area contributed by atoms with Gasteiger partial charge >= 0.3 is 0 Å². The van der Waals surface area contributed by atoms with Crippen LogP contribution in [0.1, 0.15) is 6.92 Å². The first-order valence-electron chi connectivity index (χ1n) is 3.93. The van der Waals surface area contributed by atoms with Gasteiger partial charge in [0.25, 0.3) is 0 Å². The zero-order chi connectivity index (χ0) is 8.39. The molecule has 2 rings (SSSR count). The summed E-state index contributed by atoms with van der Waals surface area (Å²) in [6, 6.07) is 0. The number of hydrogen-bond donors (Lipinski definition) is 1. The van der Waals surface area contributed by atoms with Crippen LogP contribution in [0, 0.1) is 0 Å². The molecule has 0 spiro atoms. The maximum atomic E-state index is 4.17. The summed E-state index contributed by atoms with van der Waals surface area (Å²) in [7, 11) is 0. The highest BCUT2D eigenvalue weighted by Gasteiger charge is 1.87. The molecule has 0 amide bonds. The van der Waals surface area contributed by atoms with E-state index in [1.165, 1.54) is 5.57 Å². The molecule has 1 aliphatic carbocycles. The Morgan fingerprint density at radius 1 is 1.25 bits per heavy atom. The van der Waals surface area contributed by atoms with Gasteiger partial charge in [-0.05, 0) is 19.1 Å². The van der Waals surface area contributed by atoms with Crippen LogP contribution >= 0.6 is 0 Å². The molecule has 0 radical (unpaired) electrons. The summed E-state index contributed by atoms with van der Waals surface area (Å²) >= 11 is 0. The second-order valence-corrected chi connectivity index (χ2v) is 2.80. The number of imidazole rings is 1. The molecule has 1 aliphatic rings. The Morgan fingerprint density at radius 2 is 2.17 bits per heavy atom. The molecule has 0 saturated carbocycles. The molecule has 2 heteroatoms. The molecular formula is C10H10N2. The zero-order valence-corrected chi connectivity index (χ0v) is 6.91. The van der Waals surface area contributed by atoms with Crippen molar-refractivity contribution in [2.24, 2.45) is 0 Å². The van der Waals surface area contributed by atoms with Gasteiger partial charge in [-0.25, -0.2) is 4.98 Å². The maximum absolute atomic E-state index is 4.17. The van der Waals surface area contributed by atoms with E-state index in [1.807, 2.05) is 18.2 Å². The minimum absolute atomic E-state index is 0.999. The van der Waals surface area contributed by atoms with Crippen molar-refractivity contribution in [1.82, 2.24) is 9.97 Å². The van der Waals surface area contributed by atoms with Gasteiger partial charge in [-0.15, -0.1) is 0 Å². The van der Waals surface area contributed by atoms with Crippen molar-refractivity contribution in [3.8, 4) is 0 Å². The summed E-state index contributed by atoms with van der Waals surface area (Å²) in [5, 5.41) is 2.06. The number of aromatic nitrogens is 2. The van der Waals surface area contributed by atoms with Crippen LogP contribution in [0.2, 0.25) is 0 Å². The van der Waals surface area contributed by atoms with Gasteiger partial charge in [0.15, 0.2) is 0 Å². The van der Waals surface area contributed by atoms with Crippen LogP contribution in [0.15, 0.2) is 30.1 Å². The fraction of sp³-hybridized carbons (Fsp3) is 0.100. The molecule has 1 aromatic heterocycles. The molecule has 2 nitrogen and oxygen atoms in total. The van der Waals surface area contributed by atoms with E-state index >= 15 is 0 Å². The quantitative estimate of drug-likeness (QED) is 0.584. The van der Waals surface area contributed by atoms with E-state index in [4.69, 9.17) is 0 Å². The van der Waals surface area contributed by atoms with E-state index in [0.717, 1.165) is 10.7 Å². The van der Waals surface area contributed by atoms with Crippen molar-refractivity contribution in [2.75, 3.05) is 0 Å². The number of rotatable bonds is 0. The standard InChI is InChI=1S/C10H10N2/c1-8-3-2-4-9-10(6-5-8)12-7-11-9/h2-7H,1H3,(H,11,12)/b3-2?,4-2?,6-5?,8-3?,8-5?,9-4+,10-6+. The number of allylic oxidation sites excluding steroid dienone is 4. The highest BCUT2D eigenvalue weighted by atomic mass is 14.8. The van der Waals surface area contributed by atoms with Gasteiger partial charge in [0.2, 0.25) is 0 Å². The minimum Gasteiger partial charge on any atom is -0.345 e. The summed E-state index contributed by atoms with van der Waals surface area (Å²) in [6.45, 7) is 2.07. The lowest BCUT2D eigenvalue weighted by atomic mass is 10.2. The number of nitrogens with zero attached hydrogens (tertiary/aromatic N) is 1. The summed E-state index contributed by atoms with van der Waals surface area (Å²) < 4.78 is 0. The maximum Gasteiger partial charge on any atom is 0.0931 e. The van der Waals surface area contributed by atoms with E-state index in [9.17, 15) is 0 Å². The fourth-order valence-electron chi connectivity index (χ4n) is 1.14. The van der Waals surface area contributed by atoms with Crippen molar-refractivity contribution in [1.29, 1.82) is 0 Å². The highest BCUT2D eigenvalue weighted by Crippen LogP contribution is 1.95. The summed E-state index contributed by atoms with van der Waals surface area (Å²) in [5.41, 5.74) is 1.24. The van der Waals surface area contributed by atoms with Crippen LogP contribution in [0.3, 0.4) is 0 Å². The predicted molar refractivity (Wildman–Crippen MR) is 49.7 cm³/mol. The van der Waals surface area contributed by atoms with Gasteiger partial charge in [0.1, 0.15) is 0 Å². The fourth-order valence-corrected chi connectivity index (χ4v) is 1.14. The lowest BCUT2D eigenvalue weighted by Crippen LogP contribution is -2.23. The van der Waals surface area contributed by atoms with Crippen LogP contribution in [0.5, 0.6) is 0 Å². The Balaban J connectivity index is 2.74. The lowest BCUT2D eigenvalue weighted by Gasteiger charge is -1.88. The van der Waals surface area contributed by atoms with E-state index < -0.39 is 0 Å². The average molecular weight is 158 g/mol. The van der Waals surface area contributed by atoms with Crippen molar-refractivity contribution >= 4 is 12.2 Å². The third-order valence-electron chi connectivity index (χ3n) is 1.83. The number of fused-ring (bicyclic) bond motifs is 1. The molecule has 1 aromatic rings. The Morgan fingerprint density at radius 3 is 3.08 bits per heavy atom. The molecule has 1 heterocycles. The van der Waals surface area contributed by atoms with E-state index in [0.29, 0.717) is 0 Å². The van der Waals surface area contributed by atoms with Crippen molar-refractivity contribution in [3.63, 3.8) is 0 Å². The normalized spacial score (nSPS) is 20.6. The molecule has 0 atom stereocenters. The highest BCUT2D eigenvalue weighted by molar-refractivity contribution is 5.47. The molecule has 0 aromatic carbocycles. The molecule has 0 unspecified atom stereocenters. The Bertz CT molecular complexity index is 446. The van der Waals surface area contributed by atoms with Crippen LogP contribution in [-0.4, -0.2) is 9.97 Å². The van der Waals surface area contributed by atoms with E-state index in [2.05, 4.69) is 29.0 Å². The first kappa shape index (κ1) is 7.10. The van der Waals surface area contributed by atoms with Gasteiger partial charge in [0.05, 0.1) is 17.0 Å². The number of nitrogens with one attached hydrogen (secondary N) is 1. The summed E-state index contributed by atoms with van der Waals surface area (Å²) in [5.74, 6) is 0. The monoisotopic (exact) mass is 158 g/mol. The second-order valence-electron chi connectivity index (χ2n) is 2.80. The van der Waals surface area contributed by atoms with Gasteiger partial charge in [-0.1, -0.05) is 23.8 Å². The predicted octanol–water partition coefficient (Wildman–Crippen LogP) is 0.487. The minimum atomic E-state index is 0.999. The van der Waals surface area contributed by atoms with Crippen molar-refractivity contribution < 1.29 is 0 Å². The third kappa shape index (κ3) is 1.23. The zero-order valence-electron chi connectivity index (χ0n) is 6.91. The second kappa shape index (κ2) is 2.81. The topological polar surface area (TPSA) is 28.7 Å². The number of hydrogen-bond acceptors (Lipinski definition) is 1. The Hall–Kier alpha value is -1.57. The Kier molecular flexibility index (Phi) is 1.67.